The number of aliphatic hydroxyl groups excluding tert-OH is 1. The number of rotatable bonds is 7. The Kier molecular flexibility index (Phi) is 5.79. The summed E-state index contributed by atoms with van der Waals surface area (Å²) in [6.07, 6.45) is -6.11. The summed E-state index contributed by atoms with van der Waals surface area (Å²) in [6.45, 7) is -0.374. The van der Waals surface area contributed by atoms with Gasteiger partial charge in [0.1, 0.15) is 23.4 Å². The van der Waals surface area contributed by atoms with E-state index in [9.17, 15) is 26.7 Å². The first-order valence-electron chi connectivity index (χ1n) is 7.81. The van der Waals surface area contributed by atoms with Crippen molar-refractivity contribution in [3.63, 3.8) is 0 Å². The van der Waals surface area contributed by atoms with Gasteiger partial charge in [-0.05, 0) is 47.8 Å². The summed E-state index contributed by atoms with van der Waals surface area (Å²) in [4.78, 5) is 0.591. The van der Waals surface area contributed by atoms with Crippen molar-refractivity contribution in [3.8, 4) is 16.4 Å². The van der Waals surface area contributed by atoms with Gasteiger partial charge < -0.3 is 14.3 Å². The smallest absolute Gasteiger partial charge is 0.457 e. The third-order valence-electron chi connectivity index (χ3n) is 3.55. The van der Waals surface area contributed by atoms with E-state index in [2.05, 4.69) is 9.46 Å². The zero-order valence-electron chi connectivity index (χ0n) is 14.0. The number of thiophene rings is 1. The monoisotopic (exact) mass is 433 g/mol. The molecule has 0 aliphatic carbocycles. The number of hydrogen-bond donors (Lipinski definition) is 2. The van der Waals surface area contributed by atoms with E-state index in [1.807, 2.05) is 17.5 Å². The fraction of sp³-hybridized carbons (Fsp3) is 0.176. The second-order valence-corrected chi connectivity index (χ2v) is 8.28. The molecule has 0 saturated heterocycles. The van der Waals surface area contributed by atoms with Crippen LogP contribution in [0.4, 0.5) is 13.2 Å². The molecule has 2 aromatic heterocycles. The molecule has 28 heavy (non-hydrogen) atoms. The van der Waals surface area contributed by atoms with Crippen LogP contribution in [0.15, 0.2) is 63.2 Å². The first-order chi connectivity index (χ1) is 13.1. The predicted octanol–water partition coefficient (Wildman–Crippen LogP) is 3.92. The molecule has 1 atom stereocenters. The Bertz CT molecular complexity index is 1010. The summed E-state index contributed by atoms with van der Waals surface area (Å²) >= 11 is 1.45. The molecule has 0 radical (unpaired) electrons. The summed E-state index contributed by atoms with van der Waals surface area (Å²) in [6, 6.07) is 10.6. The molecule has 2 N–H and O–H groups in total. The van der Waals surface area contributed by atoms with Crippen LogP contribution in [-0.2, 0) is 10.0 Å². The number of benzene rings is 1. The average molecular weight is 433 g/mol. The molecule has 0 bridgehead atoms. The maximum atomic E-state index is 12.2. The highest BCUT2D eigenvalue weighted by Crippen LogP contribution is 2.29. The Hall–Kier alpha value is -2.34. The number of halogens is 3. The minimum atomic E-state index is -4.87. The Balaban J connectivity index is 1.63. The first kappa shape index (κ1) is 20.4. The fourth-order valence-corrected chi connectivity index (χ4v) is 4.00. The third-order valence-corrected chi connectivity index (χ3v) is 5.88. The normalized spacial score (nSPS) is 13.4. The van der Waals surface area contributed by atoms with E-state index in [-0.39, 0.29) is 17.2 Å². The van der Waals surface area contributed by atoms with Crippen LogP contribution in [0.2, 0.25) is 0 Å². The number of aliphatic hydroxyl groups is 1. The number of alkyl halides is 3. The largest absolute Gasteiger partial charge is 0.573 e. The maximum Gasteiger partial charge on any atom is 0.573 e. The van der Waals surface area contributed by atoms with Crippen LogP contribution in [0.5, 0.6) is 5.75 Å². The fourth-order valence-electron chi connectivity index (χ4n) is 2.28. The minimum absolute atomic E-state index is 0.181. The first-order valence-corrected chi connectivity index (χ1v) is 10.2. The average Bonchev–Trinajstić information content (AvgIpc) is 3.30. The molecule has 0 amide bonds. The van der Waals surface area contributed by atoms with Crippen molar-refractivity contribution < 1.29 is 35.8 Å². The summed E-state index contributed by atoms with van der Waals surface area (Å²) < 4.78 is 72.3. The minimum Gasteiger partial charge on any atom is -0.457 e. The van der Waals surface area contributed by atoms with E-state index >= 15 is 0 Å². The number of nitrogens with one attached hydrogen (secondary N) is 1. The second-order valence-electron chi connectivity index (χ2n) is 5.57. The summed E-state index contributed by atoms with van der Waals surface area (Å²) in [5, 5.41) is 12.0. The van der Waals surface area contributed by atoms with Crippen LogP contribution in [-0.4, -0.2) is 26.4 Å². The van der Waals surface area contributed by atoms with Crippen LogP contribution in [0, 0.1) is 0 Å². The molecule has 0 spiro atoms. The van der Waals surface area contributed by atoms with Gasteiger partial charge in [0.25, 0.3) is 0 Å². The second kappa shape index (κ2) is 7.95. The highest BCUT2D eigenvalue weighted by Gasteiger charge is 2.31. The van der Waals surface area contributed by atoms with Gasteiger partial charge in [0.15, 0.2) is 0 Å². The summed E-state index contributed by atoms with van der Waals surface area (Å²) in [7, 11) is -4.05. The molecule has 0 aliphatic rings. The lowest BCUT2D eigenvalue weighted by Gasteiger charge is -2.12. The standard InChI is InChI=1S/C17H14F3NO5S2/c18-17(19,20)26-11-3-5-12(6-4-11)28(23,24)21-10-13(22)14-7-8-15(25-14)16-2-1-9-27-16/h1-9,13,21-22H,10H2. The van der Waals surface area contributed by atoms with Crippen molar-refractivity contribution >= 4 is 21.4 Å². The van der Waals surface area contributed by atoms with Gasteiger partial charge in [-0.2, -0.15) is 0 Å². The van der Waals surface area contributed by atoms with Crippen LogP contribution in [0.3, 0.4) is 0 Å². The van der Waals surface area contributed by atoms with Crippen LogP contribution < -0.4 is 9.46 Å². The molecule has 11 heteroatoms. The molecule has 6 nitrogen and oxygen atoms in total. The molecule has 3 rings (SSSR count). The molecule has 3 aromatic rings. The summed E-state index contributed by atoms with van der Waals surface area (Å²) in [5.41, 5.74) is 0. The molecule has 1 unspecified atom stereocenters. The lowest BCUT2D eigenvalue weighted by molar-refractivity contribution is -0.274. The Morgan fingerprint density at radius 1 is 1.14 bits per heavy atom. The zero-order valence-corrected chi connectivity index (χ0v) is 15.6. The topological polar surface area (TPSA) is 88.8 Å². The van der Waals surface area contributed by atoms with Gasteiger partial charge in [-0.1, -0.05) is 6.07 Å². The predicted molar refractivity (Wildman–Crippen MR) is 95.3 cm³/mol. The molecule has 0 aliphatic heterocycles. The third kappa shape index (κ3) is 5.13. The van der Waals surface area contributed by atoms with E-state index in [1.165, 1.54) is 17.4 Å². The van der Waals surface area contributed by atoms with Gasteiger partial charge in [0, 0.05) is 6.54 Å². The zero-order chi connectivity index (χ0) is 20.4. The van der Waals surface area contributed by atoms with Crippen molar-refractivity contribution in [3.05, 3.63) is 59.7 Å². The molecule has 0 fully saturated rings. The molecule has 1 aromatic carbocycles. The van der Waals surface area contributed by atoms with Gasteiger partial charge in [-0.3, -0.25) is 0 Å². The molecular weight excluding hydrogens is 419 g/mol. The Morgan fingerprint density at radius 3 is 2.46 bits per heavy atom. The van der Waals surface area contributed by atoms with Gasteiger partial charge in [0.05, 0.1) is 9.77 Å². The van der Waals surface area contributed by atoms with Crippen molar-refractivity contribution in [1.29, 1.82) is 0 Å². The lowest BCUT2D eigenvalue weighted by atomic mass is 10.3. The van der Waals surface area contributed by atoms with Gasteiger partial charge in [0.2, 0.25) is 10.0 Å². The summed E-state index contributed by atoms with van der Waals surface area (Å²) in [5.74, 6) is 0.190. The van der Waals surface area contributed by atoms with Crippen LogP contribution in [0.1, 0.15) is 11.9 Å². The van der Waals surface area contributed by atoms with E-state index in [1.54, 1.807) is 6.07 Å². The van der Waals surface area contributed by atoms with Gasteiger partial charge >= 0.3 is 6.36 Å². The highest BCUT2D eigenvalue weighted by molar-refractivity contribution is 7.89. The van der Waals surface area contributed by atoms with Gasteiger partial charge in [-0.15, -0.1) is 24.5 Å². The lowest BCUT2D eigenvalue weighted by Crippen LogP contribution is -2.28. The van der Waals surface area contributed by atoms with E-state index in [4.69, 9.17) is 4.42 Å². The van der Waals surface area contributed by atoms with Crippen molar-refractivity contribution in [2.45, 2.75) is 17.4 Å². The molecule has 150 valence electrons. The number of furan rings is 1. The van der Waals surface area contributed by atoms with Crippen LogP contribution in [0.25, 0.3) is 10.6 Å². The molecule has 0 saturated carbocycles. The van der Waals surface area contributed by atoms with E-state index < -0.39 is 28.2 Å². The number of hydrogen-bond acceptors (Lipinski definition) is 6. The maximum absolute atomic E-state index is 12.2. The van der Waals surface area contributed by atoms with Crippen molar-refractivity contribution in [2.24, 2.45) is 0 Å². The van der Waals surface area contributed by atoms with E-state index in [0.717, 1.165) is 29.1 Å². The van der Waals surface area contributed by atoms with Gasteiger partial charge in [-0.25, -0.2) is 13.1 Å². The van der Waals surface area contributed by atoms with Crippen molar-refractivity contribution in [1.82, 2.24) is 4.72 Å². The molecular formula is C17H14F3NO5S2. The number of ether oxygens (including phenoxy) is 1. The number of sulfonamides is 1. The molecule has 2 heterocycles. The quantitative estimate of drug-likeness (QED) is 0.590. The van der Waals surface area contributed by atoms with E-state index in [0.29, 0.717) is 5.76 Å². The Morgan fingerprint density at radius 2 is 1.86 bits per heavy atom. The highest BCUT2D eigenvalue weighted by atomic mass is 32.2. The Labute approximate surface area is 162 Å². The van der Waals surface area contributed by atoms with Crippen molar-refractivity contribution in [2.75, 3.05) is 6.54 Å². The SMILES string of the molecule is O=S(=O)(NCC(O)c1ccc(-c2cccs2)o1)c1ccc(OC(F)(F)F)cc1. The van der Waals surface area contributed by atoms with Crippen LogP contribution >= 0.6 is 11.3 Å².